The molecule has 5 aromatic carbocycles. The molecule has 1 aromatic heterocycles. The molecule has 0 saturated carbocycles. The molecule has 6 aromatic rings. The molecule has 0 aliphatic rings. The lowest BCUT2D eigenvalue weighted by Crippen LogP contribution is -2.10. The highest BCUT2D eigenvalue weighted by atomic mass is 35.5. The van der Waals surface area contributed by atoms with Gasteiger partial charge in [0, 0.05) is 26.7 Å². The van der Waals surface area contributed by atoms with Crippen LogP contribution in [0.4, 0.5) is 0 Å². The van der Waals surface area contributed by atoms with E-state index < -0.39 is 10.1 Å². The molecule has 35 heavy (non-hydrogen) atoms. The van der Waals surface area contributed by atoms with Crippen molar-refractivity contribution in [3.63, 3.8) is 0 Å². The summed E-state index contributed by atoms with van der Waals surface area (Å²) in [4.78, 5) is 3.52. The summed E-state index contributed by atoms with van der Waals surface area (Å²) in [5, 5.41) is 3.88. The summed E-state index contributed by atoms with van der Waals surface area (Å²) >= 11 is 6.45. The van der Waals surface area contributed by atoms with Crippen molar-refractivity contribution in [1.29, 1.82) is 0 Å². The van der Waals surface area contributed by atoms with E-state index in [1.54, 1.807) is 30.3 Å². The Labute approximate surface area is 207 Å². The van der Waals surface area contributed by atoms with E-state index in [0.717, 1.165) is 38.4 Å². The first kappa shape index (κ1) is 21.7. The van der Waals surface area contributed by atoms with E-state index in [1.165, 1.54) is 0 Å². The lowest BCUT2D eigenvalue weighted by atomic mass is 9.92. The summed E-state index contributed by atoms with van der Waals surface area (Å²) in [7, 11) is -4.09. The first-order valence-electron chi connectivity index (χ1n) is 11.1. The summed E-state index contributed by atoms with van der Waals surface area (Å²) in [6, 6.07) is 30.0. The predicted molar refractivity (Wildman–Crippen MR) is 143 cm³/mol. The normalized spacial score (nSPS) is 11.9. The minimum atomic E-state index is -4.09. The van der Waals surface area contributed by atoms with Crippen LogP contribution in [0.25, 0.3) is 43.7 Å². The molecule has 6 rings (SSSR count). The largest absolute Gasteiger partial charge is 0.376 e. The number of rotatable bonds is 4. The van der Waals surface area contributed by atoms with Crippen LogP contribution in [0.1, 0.15) is 5.56 Å². The minimum absolute atomic E-state index is 0.0987. The van der Waals surface area contributed by atoms with Gasteiger partial charge in [0.2, 0.25) is 0 Å². The van der Waals surface area contributed by atoms with Crippen molar-refractivity contribution in [1.82, 2.24) is 4.98 Å². The van der Waals surface area contributed by atoms with Gasteiger partial charge >= 0.3 is 10.1 Å². The molecule has 0 aliphatic heterocycles. The number of H-pyrrole nitrogens is 1. The Balaban J connectivity index is 1.74. The lowest BCUT2D eigenvalue weighted by molar-refractivity contribution is 0.491. The molecule has 0 atom stereocenters. The number of aromatic nitrogens is 1. The maximum Gasteiger partial charge on any atom is 0.339 e. The minimum Gasteiger partial charge on any atom is -0.376 e. The highest BCUT2D eigenvalue weighted by molar-refractivity contribution is 7.87. The Bertz CT molecular complexity index is 1840. The van der Waals surface area contributed by atoms with E-state index >= 15 is 0 Å². The zero-order valence-electron chi connectivity index (χ0n) is 18.7. The fourth-order valence-corrected chi connectivity index (χ4v) is 5.75. The van der Waals surface area contributed by atoms with Crippen molar-refractivity contribution in [3.8, 4) is 16.9 Å². The first-order valence-corrected chi connectivity index (χ1v) is 12.9. The number of aromatic amines is 1. The van der Waals surface area contributed by atoms with Crippen LogP contribution < -0.4 is 4.18 Å². The average Bonchev–Trinajstić information content (AvgIpc) is 3.24. The zero-order chi connectivity index (χ0) is 24.2. The number of benzene rings is 5. The summed E-state index contributed by atoms with van der Waals surface area (Å²) in [6.07, 6.45) is 0. The smallest absolute Gasteiger partial charge is 0.339 e. The fourth-order valence-electron chi connectivity index (χ4n) is 4.62. The molecule has 0 aliphatic carbocycles. The Morgan fingerprint density at radius 3 is 2.26 bits per heavy atom. The van der Waals surface area contributed by atoms with Gasteiger partial charge in [0.25, 0.3) is 0 Å². The summed E-state index contributed by atoms with van der Waals surface area (Å²) < 4.78 is 32.7. The number of aryl methyl sites for hydroxylation is 1. The third-order valence-corrected chi connectivity index (χ3v) is 7.71. The van der Waals surface area contributed by atoms with Gasteiger partial charge in [-0.15, -0.1) is 0 Å². The van der Waals surface area contributed by atoms with Gasteiger partial charge in [0.1, 0.15) is 4.90 Å². The number of halogens is 1. The predicted octanol–water partition coefficient (Wildman–Crippen LogP) is 7.87. The third kappa shape index (κ3) is 3.64. The second-order valence-corrected chi connectivity index (χ2v) is 10.5. The molecular weight excluding hydrogens is 478 g/mol. The van der Waals surface area contributed by atoms with E-state index in [9.17, 15) is 8.42 Å². The lowest BCUT2D eigenvalue weighted by Gasteiger charge is -2.16. The van der Waals surface area contributed by atoms with Crippen LogP contribution in [0.2, 0.25) is 5.02 Å². The molecule has 0 bridgehead atoms. The van der Waals surface area contributed by atoms with Gasteiger partial charge in [-0.3, -0.25) is 0 Å². The number of fused-ring (bicyclic) bond motifs is 4. The highest BCUT2D eigenvalue weighted by Crippen LogP contribution is 2.47. The van der Waals surface area contributed by atoms with E-state index in [2.05, 4.69) is 4.98 Å². The molecule has 0 fully saturated rings. The molecule has 1 heterocycles. The van der Waals surface area contributed by atoms with Crippen molar-refractivity contribution in [3.05, 3.63) is 108 Å². The molecule has 4 nitrogen and oxygen atoms in total. The van der Waals surface area contributed by atoms with Gasteiger partial charge in [0.05, 0.1) is 5.52 Å². The Morgan fingerprint density at radius 1 is 0.771 bits per heavy atom. The average molecular weight is 498 g/mol. The van der Waals surface area contributed by atoms with Crippen molar-refractivity contribution in [2.75, 3.05) is 0 Å². The fraction of sp³-hybridized carbons (Fsp3) is 0.0345. The van der Waals surface area contributed by atoms with Gasteiger partial charge in [-0.1, -0.05) is 77.8 Å². The van der Waals surface area contributed by atoms with Gasteiger partial charge in [-0.05, 0) is 59.8 Å². The van der Waals surface area contributed by atoms with Crippen molar-refractivity contribution < 1.29 is 12.6 Å². The first-order chi connectivity index (χ1) is 16.9. The summed E-state index contributed by atoms with van der Waals surface area (Å²) in [5.41, 5.74) is 4.45. The molecule has 1 N–H and O–H groups in total. The molecule has 0 radical (unpaired) electrons. The van der Waals surface area contributed by atoms with Gasteiger partial charge in [0.15, 0.2) is 5.75 Å². The van der Waals surface area contributed by atoms with Crippen molar-refractivity contribution in [2.24, 2.45) is 0 Å². The Morgan fingerprint density at radius 2 is 1.49 bits per heavy atom. The van der Waals surface area contributed by atoms with E-state index in [4.69, 9.17) is 15.8 Å². The maximum absolute atomic E-state index is 13.4. The second-order valence-electron chi connectivity index (χ2n) is 8.53. The topological polar surface area (TPSA) is 59.2 Å². The summed E-state index contributed by atoms with van der Waals surface area (Å²) in [6.45, 7) is 1.91. The van der Waals surface area contributed by atoms with Gasteiger partial charge < -0.3 is 9.17 Å². The molecule has 0 unspecified atom stereocenters. The third-order valence-electron chi connectivity index (χ3n) is 6.24. The van der Waals surface area contributed by atoms with Crippen LogP contribution in [0.15, 0.2) is 102 Å². The Kier molecular flexibility index (Phi) is 5.06. The van der Waals surface area contributed by atoms with Crippen LogP contribution in [0.3, 0.4) is 0 Å². The quantitative estimate of drug-likeness (QED) is 0.252. The van der Waals surface area contributed by atoms with Crippen LogP contribution in [0, 0.1) is 6.92 Å². The van der Waals surface area contributed by atoms with Crippen molar-refractivity contribution in [2.45, 2.75) is 11.8 Å². The molecule has 0 saturated heterocycles. The van der Waals surface area contributed by atoms with Gasteiger partial charge in [-0.25, -0.2) is 0 Å². The number of nitrogens with one attached hydrogen (secondary N) is 1. The maximum atomic E-state index is 13.4. The van der Waals surface area contributed by atoms with Crippen LogP contribution in [-0.4, -0.2) is 13.4 Å². The van der Waals surface area contributed by atoms with Crippen LogP contribution in [-0.2, 0) is 10.1 Å². The second kappa shape index (κ2) is 8.15. The number of para-hydroxylation sites is 1. The van der Waals surface area contributed by atoms with E-state index in [-0.39, 0.29) is 10.6 Å². The standard InChI is InChI=1S/C29H20ClNO3S/c1-18-11-14-21(15-12-18)35(32,33)34-29-22-16-13-20(30)17-24(22)26(19-7-3-2-4-8-19)27-23-9-5-6-10-25(23)31-28(27)29/h2-17,31H,1H3. The molecule has 6 heteroatoms. The number of hydrogen-bond donors (Lipinski definition) is 1. The zero-order valence-corrected chi connectivity index (χ0v) is 20.3. The SMILES string of the molecule is Cc1ccc(S(=O)(=O)Oc2c3ccc(Cl)cc3c(-c3ccccc3)c3c2[nH]c2ccccc23)cc1. The molecule has 0 spiro atoms. The number of hydrogen-bond acceptors (Lipinski definition) is 3. The van der Waals surface area contributed by atoms with Crippen LogP contribution >= 0.6 is 11.6 Å². The molecule has 0 amide bonds. The van der Waals surface area contributed by atoms with Crippen LogP contribution in [0.5, 0.6) is 5.75 Å². The molecule has 172 valence electrons. The Hall–Kier alpha value is -3.80. The van der Waals surface area contributed by atoms with Crippen molar-refractivity contribution >= 4 is 54.3 Å². The summed E-state index contributed by atoms with van der Waals surface area (Å²) in [5.74, 6) is 0.253. The highest BCUT2D eigenvalue weighted by Gasteiger charge is 2.25. The van der Waals surface area contributed by atoms with E-state index in [0.29, 0.717) is 15.9 Å². The van der Waals surface area contributed by atoms with E-state index in [1.807, 2.05) is 73.7 Å². The molecular formula is C29H20ClNO3S. The monoisotopic (exact) mass is 497 g/mol. The van der Waals surface area contributed by atoms with Gasteiger partial charge in [-0.2, -0.15) is 8.42 Å².